The van der Waals surface area contributed by atoms with Crippen LogP contribution in [-0.4, -0.2) is 20.1 Å². The van der Waals surface area contributed by atoms with Crippen LogP contribution in [0.3, 0.4) is 0 Å². The van der Waals surface area contributed by atoms with E-state index in [9.17, 15) is 4.79 Å². The fourth-order valence-electron chi connectivity index (χ4n) is 5.67. The van der Waals surface area contributed by atoms with Crippen LogP contribution >= 0.6 is 11.6 Å². The van der Waals surface area contributed by atoms with Crippen LogP contribution in [0.25, 0.3) is 0 Å². The van der Waals surface area contributed by atoms with Gasteiger partial charge in [0, 0.05) is 41.5 Å². The van der Waals surface area contributed by atoms with E-state index >= 15 is 0 Å². The number of esters is 1. The van der Waals surface area contributed by atoms with Gasteiger partial charge in [0.15, 0.2) is 5.60 Å². The Hall–Kier alpha value is -4.94. The highest BCUT2D eigenvalue weighted by molar-refractivity contribution is 6.31. The summed E-state index contributed by atoms with van der Waals surface area (Å²) in [5, 5.41) is 2.36. The number of rotatable bonds is 5. The van der Waals surface area contributed by atoms with Crippen molar-refractivity contribution in [2.24, 2.45) is 0 Å². The second kappa shape index (κ2) is 9.61. The van der Waals surface area contributed by atoms with Gasteiger partial charge in [0.1, 0.15) is 11.5 Å². The molecule has 0 aromatic heterocycles. The maximum atomic E-state index is 14.0. The molecule has 202 valence electrons. The minimum Gasteiger partial charge on any atom is -0.456 e. The number of fused-ring (bicyclic) bond motifs is 6. The number of carbonyl (C=O) groups is 1. The van der Waals surface area contributed by atoms with Crippen molar-refractivity contribution in [3.63, 3.8) is 0 Å². The van der Waals surface area contributed by atoms with Gasteiger partial charge in [-0.25, -0.2) is 4.79 Å². The summed E-state index contributed by atoms with van der Waals surface area (Å²) in [6.07, 6.45) is 0. The molecule has 7 rings (SSSR count). The minimum atomic E-state index is -1.22. The maximum absolute atomic E-state index is 14.0. The normalized spacial score (nSPS) is 13.9. The molecule has 2 heterocycles. The molecule has 2 aliphatic rings. The van der Waals surface area contributed by atoms with Gasteiger partial charge < -0.3 is 14.4 Å². The fraction of sp³-hybridized carbons (Fsp3) is 0.0882. The zero-order valence-corrected chi connectivity index (χ0v) is 23.2. The van der Waals surface area contributed by atoms with Crippen LogP contribution < -0.4 is 20.1 Å². The molecule has 1 spiro atoms. The predicted molar refractivity (Wildman–Crippen MR) is 163 cm³/mol. The summed E-state index contributed by atoms with van der Waals surface area (Å²) in [6.45, 7) is 0. The summed E-state index contributed by atoms with van der Waals surface area (Å²) >= 11 is 6.86. The molecule has 6 nitrogen and oxygen atoms in total. The van der Waals surface area contributed by atoms with Gasteiger partial charge in [-0.1, -0.05) is 66.2 Å². The number of para-hydroxylation sites is 3. The average molecular weight is 560 g/mol. The highest BCUT2D eigenvalue weighted by atomic mass is 35.5. The third-order valence-electron chi connectivity index (χ3n) is 7.54. The molecule has 0 amide bonds. The second-order valence-electron chi connectivity index (χ2n) is 10.2. The number of ether oxygens (including phenoxy) is 2. The van der Waals surface area contributed by atoms with Crippen molar-refractivity contribution in [2.75, 3.05) is 29.4 Å². The van der Waals surface area contributed by atoms with E-state index in [0.29, 0.717) is 33.3 Å². The SMILES string of the molecule is CN(C)c1ccc(NN(c2ccccc2)c2cc(Cl)cc3c2C(=O)OC32c3ccccc3Oc3ccccc32)cc1. The molecule has 0 atom stereocenters. The summed E-state index contributed by atoms with van der Waals surface area (Å²) < 4.78 is 12.7. The van der Waals surface area contributed by atoms with Crippen LogP contribution in [0.1, 0.15) is 27.0 Å². The Kier molecular flexibility index (Phi) is 5.87. The van der Waals surface area contributed by atoms with E-state index in [1.165, 1.54) is 0 Å². The Balaban J connectivity index is 1.45. The highest BCUT2D eigenvalue weighted by Gasteiger charge is 2.54. The van der Waals surface area contributed by atoms with Crippen LogP contribution in [0.15, 0.2) is 115 Å². The number of hydrogen-bond donors (Lipinski definition) is 1. The largest absolute Gasteiger partial charge is 0.456 e. The summed E-state index contributed by atoms with van der Waals surface area (Å²) in [5.74, 6) is 0.823. The van der Waals surface area contributed by atoms with E-state index in [-0.39, 0.29) is 0 Å². The van der Waals surface area contributed by atoms with E-state index in [2.05, 4.69) is 5.43 Å². The maximum Gasteiger partial charge on any atom is 0.342 e. The average Bonchev–Trinajstić information content (AvgIpc) is 3.28. The van der Waals surface area contributed by atoms with Crippen molar-refractivity contribution < 1.29 is 14.3 Å². The summed E-state index contributed by atoms with van der Waals surface area (Å²) in [4.78, 5) is 16.1. The number of hydrazine groups is 1. The van der Waals surface area contributed by atoms with Crippen molar-refractivity contribution in [1.29, 1.82) is 0 Å². The summed E-state index contributed by atoms with van der Waals surface area (Å²) in [7, 11) is 4.00. The van der Waals surface area contributed by atoms with Crippen LogP contribution in [-0.2, 0) is 10.3 Å². The molecule has 0 saturated heterocycles. The molecule has 0 aliphatic carbocycles. The topological polar surface area (TPSA) is 54.0 Å². The summed E-state index contributed by atoms with van der Waals surface area (Å²) in [5.41, 5.74) is 8.22. The monoisotopic (exact) mass is 559 g/mol. The van der Waals surface area contributed by atoms with Crippen LogP contribution in [0.2, 0.25) is 5.02 Å². The standard InChI is InChI=1S/C34H26ClN3O3/c1-37(2)24-18-16-23(17-19-24)36-38(25-10-4-3-5-11-25)29-21-22(35)20-28-32(29)33(39)41-34(28)26-12-6-8-14-30(26)40-31-15-9-7-13-27(31)34/h3-21,36H,1-2H3. The fourth-order valence-corrected chi connectivity index (χ4v) is 5.88. The van der Waals surface area contributed by atoms with Gasteiger partial charge in [-0.05, 0) is 60.7 Å². The predicted octanol–water partition coefficient (Wildman–Crippen LogP) is 8.14. The van der Waals surface area contributed by atoms with Crippen molar-refractivity contribution in [3.05, 3.63) is 143 Å². The van der Waals surface area contributed by atoms with E-state index in [1.54, 1.807) is 6.07 Å². The Morgan fingerprint density at radius 2 is 1.32 bits per heavy atom. The van der Waals surface area contributed by atoms with E-state index < -0.39 is 11.6 Å². The smallest absolute Gasteiger partial charge is 0.342 e. The first-order valence-corrected chi connectivity index (χ1v) is 13.7. The Morgan fingerprint density at radius 3 is 1.95 bits per heavy atom. The van der Waals surface area contributed by atoms with Gasteiger partial charge in [-0.3, -0.25) is 10.4 Å². The van der Waals surface area contributed by atoms with E-state index in [1.807, 2.05) is 133 Å². The van der Waals surface area contributed by atoms with Gasteiger partial charge in [-0.2, -0.15) is 0 Å². The third kappa shape index (κ3) is 3.99. The molecule has 7 heteroatoms. The number of nitrogens with zero attached hydrogens (tertiary/aromatic N) is 2. The number of halogens is 1. The number of hydrogen-bond acceptors (Lipinski definition) is 6. The molecule has 0 bridgehead atoms. The molecular weight excluding hydrogens is 534 g/mol. The summed E-state index contributed by atoms with van der Waals surface area (Å²) in [6, 6.07) is 36.8. The lowest BCUT2D eigenvalue weighted by Gasteiger charge is -2.36. The van der Waals surface area contributed by atoms with Gasteiger partial charge in [0.2, 0.25) is 0 Å². The molecule has 5 aromatic carbocycles. The lowest BCUT2D eigenvalue weighted by atomic mass is 9.77. The van der Waals surface area contributed by atoms with E-state index in [4.69, 9.17) is 21.1 Å². The highest BCUT2D eigenvalue weighted by Crippen LogP contribution is 2.57. The Labute approximate surface area is 243 Å². The van der Waals surface area contributed by atoms with Gasteiger partial charge in [0.25, 0.3) is 0 Å². The molecule has 1 N–H and O–H groups in total. The first-order chi connectivity index (χ1) is 20.0. The van der Waals surface area contributed by atoms with Crippen LogP contribution in [0.4, 0.5) is 22.7 Å². The minimum absolute atomic E-state index is 0.433. The Bertz CT molecular complexity index is 1740. The first-order valence-electron chi connectivity index (χ1n) is 13.3. The number of anilines is 4. The lowest BCUT2D eigenvalue weighted by molar-refractivity contribution is 0.0224. The van der Waals surface area contributed by atoms with Crippen molar-refractivity contribution >= 4 is 40.3 Å². The second-order valence-corrected chi connectivity index (χ2v) is 10.7. The van der Waals surface area contributed by atoms with Crippen LogP contribution in [0.5, 0.6) is 11.5 Å². The zero-order valence-electron chi connectivity index (χ0n) is 22.5. The van der Waals surface area contributed by atoms with Crippen molar-refractivity contribution in [2.45, 2.75) is 5.60 Å². The zero-order chi connectivity index (χ0) is 28.1. The number of nitrogens with one attached hydrogen (secondary N) is 1. The van der Waals surface area contributed by atoms with Gasteiger partial charge in [-0.15, -0.1) is 0 Å². The Morgan fingerprint density at radius 1 is 0.707 bits per heavy atom. The van der Waals surface area contributed by atoms with Gasteiger partial charge >= 0.3 is 5.97 Å². The number of benzene rings is 5. The molecule has 5 aromatic rings. The molecular formula is C34H26ClN3O3. The van der Waals surface area contributed by atoms with Crippen molar-refractivity contribution in [3.8, 4) is 11.5 Å². The van der Waals surface area contributed by atoms with Gasteiger partial charge in [0.05, 0.1) is 22.6 Å². The van der Waals surface area contributed by atoms with Crippen LogP contribution in [0, 0.1) is 0 Å². The first kappa shape index (κ1) is 25.1. The van der Waals surface area contributed by atoms with Crippen molar-refractivity contribution in [1.82, 2.24) is 0 Å². The third-order valence-corrected chi connectivity index (χ3v) is 7.76. The molecule has 41 heavy (non-hydrogen) atoms. The lowest BCUT2D eigenvalue weighted by Crippen LogP contribution is -2.33. The molecule has 0 saturated carbocycles. The molecule has 0 radical (unpaired) electrons. The number of carbonyl (C=O) groups excluding carboxylic acids is 1. The quantitative estimate of drug-likeness (QED) is 0.173. The molecule has 0 unspecified atom stereocenters. The molecule has 0 fully saturated rings. The van der Waals surface area contributed by atoms with E-state index in [0.717, 1.165) is 28.2 Å². The molecule has 2 aliphatic heterocycles.